The van der Waals surface area contributed by atoms with E-state index in [9.17, 15) is 18.0 Å². The van der Waals surface area contributed by atoms with Crippen molar-refractivity contribution in [3.05, 3.63) is 64.6 Å². The van der Waals surface area contributed by atoms with Gasteiger partial charge in [-0.25, -0.2) is 0 Å². The van der Waals surface area contributed by atoms with Crippen LogP contribution in [0, 0.1) is 0 Å². The molecule has 148 valence electrons. The molecular formula is C21H14F3NO4. The van der Waals surface area contributed by atoms with Crippen molar-refractivity contribution < 1.29 is 27.1 Å². The first kappa shape index (κ1) is 18.8. The highest BCUT2D eigenvalue weighted by Crippen LogP contribution is 2.39. The third-order valence-electron chi connectivity index (χ3n) is 4.64. The number of fused-ring (bicyclic) bond motifs is 3. The smallest absolute Gasteiger partial charge is 0.418 e. The summed E-state index contributed by atoms with van der Waals surface area (Å²) in [5.74, 6) is 0.870. The first-order chi connectivity index (χ1) is 13.9. The Morgan fingerprint density at radius 3 is 2.45 bits per heavy atom. The zero-order valence-electron chi connectivity index (χ0n) is 15.3. The standard InChI is InChI=1S/C21H14F3NO4/c1-27-16-8-5-11-12(20(16)28-2)6-7-15-17(11)19(26)13(10-29-15)18-14(21(22,23)24)4-3-9-25-18/h3-10H,1-2H3. The van der Waals surface area contributed by atoms with Crippen molar-refractivity contribution in [3.63, 3.8) is 0 Å². The number of nitrogens with zero attached hydrogens (tertiary/aromatic N) is 1. The van der Waals surface area contributed by atoms with Crippen molar-refractivity contribution in [2.75, 3.05) is 14.2 Å². The van der Waals surface area contributed by atoms with Crippen molar-refractivity contribution in [2.45, 2.75) is 6.18 Å². The third kappa shape index (κ3) is 2.97. The van der Waals surface area contributed by atoms with E-state index < -0.39 is 22.9 Å². The number of hydrogen-bond donors (Lipinski definition) is 0. The summed E-state index contributed by atoms with van der Waals surface area (Å²) in [6, 6.07) is 8.57. The summed E-state index contributed by atoms with van der Waals surface area (Å²) in [4.78, 5) is 17.0. The highest BCUT2D eigenvalue weighted by molar-refractivity contribution is 6.09. The molecule has 0 bridgehead atoms. The van der Waals surface area contributed by atoms with E-state index in [0.717, 1.165) is 12.3 Å². The molecule has 0 amide bonds. The van der Waals surface area contributed by atoms with Crippen LogP contribution in [0.4, 0.5) is 13.2 Å². The van der Waals surface area contributed by atoms with Gasteiger partial charge in [-0.1, -0.05) is 0 Å². The number of alkyl halides is 3. The molecule has 0 unspecified atom stereocenters. The molecule has 0 aliphatic rings. The Morgan fingerprint density at radius 2 is 1.76 bits per heavy atom. The molecule has 0 fully saturated rings. The monoisotopic (exact) mass is 401 g/mol. The molecule has 0 atom stereocenters. The van der Waals surface area contributed by atoms with Gasteiger partial charge in [-0.15, -0.1) is 0 Å². The second kappa shape index (κ2) is 6.80. The Balaban J connectivity index is 2.10. The van der Waals surface area contributed by atoms with Crippen LogP contribution in [-0.4, -0.2) is 19.2 Å². The molecule has 5 nitrogen and oxygen atoms in total. The fraction of sp³-hybridized carbons (Fsp3) is 0.143. The lowest BCUT2D eigenvalue weighted by atomic mass is 10.0. The van der Waals surface area contributed by atoms with Crippen molar-refractivity contribution in [2.24, 2.45) is 0 Å². The number of ether oxygens (including phenoxy) is 2. The fourth-order valence-corrected chi connectivity index (χ4v) is 3.36. The van der Waals surface area contributed by atoms with Gasteiger partial charge in [0.25, 0.3) is 0 Å². The normalized spacial score (nSPS) is 11.8. The lowest BCUT2D eigenvalue weighted by Gasteiger charge is -2.13. The molecule has 4 rings (SSSR count). The average molecular weight is 401 g/mol. The Hall–Kier alpha value is -3.55. The maximum atomic E-state index is 13.4. The highest BCUT2D eigenvalue weighted by atomic mass is 19.4. The number of pyridine rings is 1. The number of rotatable bonds is 3. The summed E-state index contributed by atoms with van der Waals surface area (Å²) in [5, 5.41) is 1.18. The molecule has 0 N–H and O–H groups in total. The third-order valence-corrected chi connectivity index (χ3v) is 4.64. The van der Waals surface area contributed by atoms with Gasteiger partial charge in [0.2, 0.25) is 5.43 Å². The molecule has 29 heavy (non-hydrogen) atoms. The minimum Gasteiger partial charge on any atom is -0.493 e. The lowest BCUT2D eigenvalue weighted by Crippen LogP contribution is -2.13. The maximum absolute atomic E-state index is 13.4. The van der Waals surface area contributed by atoms with Crippen LogP contribution in [0.3, 0.4) is 0 Å². The molecule has 4 aromatic rings. The molecule has 0 aliphatic carbocycles. The van der Waals surface area contributed by atoms with Crippen LogP contribution in [0.15, 0.2) is 58.1 Å². The fourth-order valence-electron chi connectivity index (χ4n) is 3.36. The van der Waals surface area contributed by atoms with Gasteiger partial charge >= 0.3 is 6.18 Å². The molecule has 2 aromatic carbocycles. The average Bonchev–Trinajstić information content (AvgIpc) is 2.72. The number of methoxy groups -OCH3 is 2. The molecule has 0 radical (unpaired) electrons. The van der Waals surface area contributed by atoms with Gasteiger partial charge in [-0.05, 0) is 36.4 Å². The van der Waals surface area contributed by atoms with Gasteiger partial charge in [0, 0.05) is 17.0 Å². The molecular weight excluding hydrogens is 387 g/mol. The van der Waals surface area contributed by atoms with E-state index in [1.54, 1.807) is 24.3 Å². The van der Waals surface area contributed by atoms with Crippen molar-refractivity contribution in [1.29, 1.82) is 0 Å². The molecule has 0 aliphatic heterocycles. The Morgan fingerprint density at radius 1 is 1.00 bits per heavy atom. The summed E-state index contributed by atoms with van der Waals surface area (Å²) >= 11 is 0. The van der Waals surface area contributed by atoms with Crippen LogP contribution in [0.25, 0.3) is 33.0 Å². The van der Waals surface area contributed by atoms with E-state index in [2.05, 4.69) is 4.98 Å². The molecule has 2 aromatic heterocycles. The lowest BCUT2D eigenvalue weighted by molar-refractivity contribution is -0.137. The predicted octanol–water partition coefficient (Wildman–Crippen LogP) is 5.04. The first-order valence-corrected chi connectivity index (χ1v) is 8.48. The second-order valence-electron chi connectivity index (χ2n) is 6.21. The Kier molecular flexibility index (Phi) is 4.41. The van der Waals surface area contributed by atoms with Gasteiger partial charge in [-0.2, -0.15) is 13.2 Å². The molecule has 0 spiro atoms. The van der Waals surface area contributed by atoms with Gasteiger partial charge in [0.15, 0.2) is 11.5 Å². The van der Waals surface area contributed by atoms with Crippen LogP contribution < -0.4 is 14.9 Å². The maximum Gasteiger partial charge on any atom is 0.418 e. The van der Waals surface area contributed by atoms with Crippen molar-refractivity contribution >= 4 is 21.7 Å². The topological polar surface area (TPSA) is 61.6 Å². The van der Waals surface area contributed by atoms with Gasteiger partial charge < -0.3 is 13.9 Å². The molecule has 8 heteroatoms. The number of hydrogen-bond acceptors (Lipinski definition) is 5. The highest BCUT2D eigenvalue weighted by Gasteiger charge is 2.35. The zero-order chi connectivity index (χ0) is 20.8. The Labute approximate surface area is 162 Å². The largest absolute Gasteiger partial charge is 0.493 e. The van der Waals surface area contributed by atoms with Gasteiger partial charge in [0.1, 0.15) is 11.8 Å². The summed E-state index contributed by atoms with van der Waals surface area (Å²) < 4.78 is 56.4. The Bertz CT molecular complexity index is 1300. The number of benzene rings is 2. The van der Waals surface area contributed by atoms with E-state index in [1.165, 1.54) is 26.5 Å². The van der Waals surface area contributed by atoms with E-state index in [1.807, 2.05) is 0 Å². The second-order valence-corrected chi connectivity index (χ2v) is 6.21. The zero-order valence-corrected chi connectivity index (χ0v) is 15.3. The summed E-state index contributed by atoms with van der Waals surface area (Å²) in [6.45, 7) is 0. The summed E-state index contributed by atoms with van der Waals surface area (Å²) in [7, 11) is 2.95. The van der Waals surface area contributed by atoms with Crippen molar-refractivity contribution in [1.82, 2.24) is 4.98 Å². The molecule has 0 saturated heterocycles. The minimum absolute atomic E-state index is 0.139. The summed E-state index contributed by atoms with van der Waals surface area (Å²) in [5.41, 5.74) is -2.14. The van der Waals surface area contributed by atoms with Crippen LogP contribution in [0.1, 0.15) is 5.56 Å². The molecule has 0 saturated carbocycles. The van der Waals surface area contributed by atoms with E-state index in [-0.39, 0.29) is 16.5 Å². The van der Waals surface area contributed by atoms with Crippen LogP contribution in [0.2, 0.25) is 0 Å². The first-order valence-electron chi connectivity index (χ1n) is 8.48. The van der Waals surface area contributed by atoms with Gasteiger partial charge in [0.05, 0.1) is 36.4 Å². The van der Waals surface area contributed by atoms with E-state index >= 15 is 0 Å². The summed E-state index contributed by atoms with van der Waals surface area (Å²) in [6.07, 6.45) is -2.46. The minimum atomic E-state index is -4.67. The van der Waals surface area contributed by atoms with Crippen molar-refractivity contribution in [3.8, 4) is 22.8 Å². The van der Waals surface area contributed by atoms with Crippen LogP contribution in [-0.2, 0) is 6.18 Å². The van der Waals surface area contributed by atoms with Gasteiger partial charge in [-0.3, -0.25) is 9.78 Å². The predicted molar refractivity (Wildman–Crippen MR) is 101 cm³/mol. The number of halogens is 3. The SMILES string of the molecule is COc1ccc2c(ccc3occ(-c4ncccc4C(F)(F)F)c(=O)c32)c1OC. The van der Waals surface area contributed by atoms with Crippen LogP contribution >= 0.6 is 0 Å². The van der Waals surface area contributed by atoms with Crippen LogP contribution in [0.5, 0.6) is 11.5 Å². The van der Waals surface area contributed by atoms with E-state index in [0.29, 0.717) is 22.3 Å². The number of aromatic nitrogens is 1. The quantitative estimate of drug-likeness (QED) is 0.450. The van der Waals surface area contributed by atoms with E-state index in [4.69, 9.17) is 13.9 Å². The molecule has 2 heterocycles.